The number of carbonyl (C=O) groups excluding carboxylic acids is 1. The SMILES string of the molecule is CCCCCCCC/C=C\CCCCCCC(C)C(=O)OOCCl. The molecule has 0 aromatic heterocycles. The molecule has 0 aliphatic carbocycles. The lowest BCUT2D eigenvalue weighted by Crippen LogP contribution is -2.14. The summed E-state index contributed by atoms with van der Waals surface area (Å²) >= 11 is 5.29. The van der Waals surface area contributed by atoms with E-state index in [1.807, 2.05) is 6.92 Å². The Morgan fingerprint density at radius 1 is 0.917 bits per heavy atom. The van der Waals surface area contributed by atoms with E-state index < -0.39 is 0 Å². The van der Waals surface area contributed by atoms with Crippen LogP contribution < -0.4 is 0 Å². The van der Waals surface area contributed by atoms with Gasteiger partial charge in [0.2, 0.25) is 0 Å². The fraction of sp³-hybridized carbons (Fsp3) is 0.850. The predicted molar refractivity (Wildman–Crippen MR) is 102 cm³/mol. The Hall–Kier alpha value is -0.540. The van der Waals surface area contributed by atoms with Crippen molar-refractivity contribution in [1.29, 1.82) is 0 Å². The molecule has 0 amide bonds. The van der Waals surface area contributed by atoms with Crippen LogP contribution in [0.1, 0.15) is 97.3 Å². The van der Waals surface area contributed by atoms with Crippen LogP contribution in [0.15, 0.2) is 12.2 Å². The third kappa shape index (κ3) is 16.3. The molecule has 0 spiro atoms. The normalized spacial score (nSPS) is 12.6. The van der Waals surface area contributed by atoms with E-state index in [1.54, 1.807) is 0 Å². The maximum Gasteiger partial charge on any atom is 0.345 e. The minimum Gasteiger partial charge on any atom is -0.297 e. The molecular weight excluding hydrogens is 324 g/mol. The van der Waals surface area contributed by atoms with E-state index >= 15 is 0 Å². The van der Waals surface area contributed by atoms with Gasteiger partial charge in [-0.15, -0.1) is 0 Å². The second-order valence-corrected chi connectivity index (χ2v) is 6.77. The Morgan fingerprint density at radius 2 is 1.46 bits per heavy atom. The first-order chi connectivity index (χ1) is 11.7. The molecule has 0 radical (unpaired) electrons. The minimum atomic E-state index is -0.326. The molecule has 0 saturated carbocycles. The summed E-state index contributed by atoms with van der Waals surface area (Å²) in [6.45, 7) is 4.13. The topological polar surface area (TPSA) is 35.5 Å². The molecule has 0 aliphatic rings. The number of hydrogen-bond donors (Lipinski definition) is 0. The van der Waals surface area contributed by atoms with Crippen molar-refractivity contribution in [3.8, 4) is 0 Å². The molecule has 0 fully saturated rings. The molecule has 24 heavy (non-hydrogen) atoms. The molecule has 0 bridgehead atoms. The van der Waals surface area contributed by atoms with Gasteiger partial charge in [-0.3, -0.25) is 4.89 Å². The molecule has 0 rings (SSSR count). The smallest absolute Gasteiger partial charge is 0.297 e. The molecule has 0 heterocycles. The lowest BCUT2D eigenvalue weighted by molar-refractivity contribution is -0.264. The van der Waals surface area contributed by atoms with Crippen LogP contribution in [-0.4, -0.2) is 12.0 Å². The average molecular weight is 361 g/mol. The standard InChI is InChI=1S/C20H37ClO3/c1-3-4-5-6-7-8-9-10-11-12-13-14-15-16-17-19(2)20(22)24-23-18-21/h10-11,19H,3-9,12-18H2,1-2H3/b11-10-. The second kappa shape index (κ2) is 18.8. The van der Waals surface area contributed by atoms with Gasteiger partial charge < -0.3 is 0 Å². The highest BCUT2D eigenvalue weighted by atomic mass is 35.5. The summed E-state index contributed by atoms with van der Waals surface area (Å²) in [6, 6.07) is -0.120. The molecule has 1 unspecified atom stereocenters. The zero-order chi connectivity index (χ0) is 17.9. The monoisotopic (exact) mass is 360 g/mol. The fourth-order valence-corrected chi connectivity index (χ4v) is 2.67. The van der Waals surface area contributed by atoms with Gasteiger partial charge in [-0.25, -0.2) is 4.79 Å². The van der Waals surface area contributed by atoms with E-state index in [-0.39, 0.29) is 18.0 Å². The van der Waals surface area contributed by atoms with Crippen LogP contribution in [0.2, 0.25) is 0 Å². The van der Waals surface area contributed by atoms with Crippen molar-refractivity contribution in [2.75, 3.05) is 6.07 Å². The highest BCUT2D eigenvalue weighted by Gasteiger charge is 2.14. The number of halogens is 1. The lowest BCUT2D eigenvalue weighted by atomic mass is 10.0. The maximum atomic E-state index is 11.5. The number of alkyl halides is 1. The van der Waals surface area contributed by atoms with Crippen LogP contribution >= 0.6 is 11.6 Å². The maximum absolute atomic E-state index is 11.5. The zero-order valence-electron chi connectivity index (χ0n) is 15.7. The third-order valence-corrected chi connectivity index (χ3v) is 4.33. The summed E-state index contributed by atoms with van der Waals surface area (Å²) in [5, 5.41) is 0. The lowest BCUT2D eigenvalue weighted by Gasteiger charge is -2.08. The summed E-state index contributed by atoms with van der Waals surface area (Å²) in [4.78, 5) is 20.4. The van der Waals surface area contributed by atoms with Gasteiger partial charge in [-0.1, -0.05) is 89.0 Å². The van der Waals surface area contributed by atoms with Gasteiger partial charge in [0.1, 0.15) is 0 Å². The summed E-state index contributed by atoms with van der Waals surface area (Å²) in [6.07, 6.45) is 20.8. The summed E-state index contributed by atoms with van der Waals surface area (Å²) in [7, 11) is 0. The largest absolute Gasteiger partial charge is 0.345 e. The fourth-order valence-electron chi connectivity index (χ4n) is 2.62. The van der Waals surface area contributed by atoms with Gasteiger partial charge in [0.05, 0.1) is 5.92 Å². The molecule has 1 atom stereocenters. The molecule has 0 aromatic carbocycles. The van der Waals surface area contributed by atoms with E-state index in [1.165, 1.54) is 70.6 Å². The van der Waals surface area contributed by atoms with E-state index in [2.05, 4.69) is 28.9 Å². The highest BCUT2D eigenvalue weighted by Crippen LogP contribution is 2.13. The van der Waals surface area contributed by atoms with Gasteiger partial charge in [-0.05, 0) is 32.1 Å². The van der Waals surface area contributed by atoms with E-state index in [0.717, 1.165) is 12.8 Å². The van der Waals surface area contributed by atoms with Crippen LogP contribution in [0.5, 0.6) is 0 Å². The van der Waals surface area contributed by atoms with Gasteiger partial charge in [-0.2, -0.15) is 4.89 Å². The molecule has 4 heteroatoms. The van der Waals surface area contributed by atoms with Crippen LogP contribution in [0.25, 0.3) is 0 Å². The minimum absolute atomic E-state index is 0.120. The summed E-state index contributed by atoms with van der Waals surface area (Å²) < 4.78 is 0. The van der Waals surface area contributed by atoms with Gasteiger partial charge in [0.15, 0.2) is 6.07 Å². The third-order valence-electron chi connectivity index (χ3n) is 4.24. The van der Waals surface area contributed by atoms with Crippen molar-refractivity contribution >= 4 is 17.6 Å². The summed E-state index contributed by atoms with van der Waals surface area (Å²) in [5.74, 6) is -0.446. The molecule has 3 nitrogen and oxygen atoms in total. The number of rotatable bonds is 17. The van der Waals surface area contributed by atoms with E-state index in [4.69, 9.17) is 11.6 Å². The average Bonchev–Trinajstić information content (AvgIpc) is 2.59. The number of allylic oxidation sites excluding steroid dienone is 2. The summed E-state index contributed by atoms with van der Waals surface area (Å²) in [5.41, 5.74) is 0. The van der Waals surface area contributed by atoms with Crippen molar-refractivity contribution in [2.45, 2.75) is 97.3 Å². The zero-order valence-corrected chi connectivity index (χ0v) is 16.5. The molecule has 0 aromatic rings. The quantitative estimate of drug-likeness (QED) is 0.0926. The molecule has 142 valence electrons. The van der Waals surface area contributed by atoms with Crippen molar-refractivity contribution in [1.82, 2.24) is 0 Å². The molecular formula is C20H37ClO3. The second-order valence-electron chi connectivity index (χ2n) is 6.55. The van der Waals surface area contributed by atoms with Gasteiger partial charge in [0.25, 0.3) is 0 Å². The van der Waals surface area contributed by atoms with Crippen molar-refractivity contribution in [3.63, 3.8) is 0 Å². The van der Waals surface area contributed by atoms with Crippen molar-refractivity contribution in [2.24, 2.45) is 5.92 Å². The van der Waals surface area contributed by atoms with Crippen molar-refractivity contribution in [3.05, 3.63) is 12.2 Å². The first-order valence-electron chi connectivity index (χ1n) is 9.76. The van der Waals surface area contributed by atoms with Gasteiger partial charge in [0, 0.05) is 0 Å². The predicted octanol–water partition coefficient (Wildman–Crippen LogP) is 6.94. The van der Waals surface area contributed by atoms with E-state index in [9.17, 15) is 4.79 Å². The van der Waals surface area contributed by atoms with Crippen LogP contribution in [0.4, 0.5) is 0 Å². The Morgan fingerprint density at radius 3 is 2.04 bits per heavy atom. The van der Waals surface area contributed by atoms with Crippen LogP contribution in [0.3, 0.4) is 0 Å². The number of carbonyl (C=O) groups is 1. The Balaban J connectivity index is 3.29. The Kier molecular flexibility index (Phi) is 18.4. The van der Waals surface area contributed by atoms with Crippen molar-refractivity contribution < 1.29 is 14.6 Å². The van der Waals surface area contributed by atoms with Crippen LogP contribution in [0, 0.1) is 5.92 Å². The van der Waals surface area contributed by atoms with Crippen LogP contribution in [-0.2, 0) is 14.6 Å². The Labute approximate surface area is 154 Å². The molecule has 0 N–H and O–H groups in total. The van der Waals surface area contributed by atoms with Gasteiger partial charge >= 0.3 is 5.97 Å². The molecule has 0 saturated heterocycles. The van der Waals surface area contributed by atoms with E-state index in [0.29, 0.717) is 0 Å². The first kappa shape index (κ1) is 23.5. The Bertz CT molecular complexity index is 305. The first-order valence-corrected chi connectivity index (χ1v) is 10.3. The molecule has 0 aliphatic heterocycles. The number of hydrogen-bond acceptors (Lipinski definition) is 3. The highest BCUT2D eigenvalue weighted by molar-refractivity contribution is 6.17. The number of unbranched alkanes of at least 4 members (excludes halogenated alkanes) is 10.